The van der Waals surface area contributed by atoms with Crippen molar-refractivity contribution >= 4 is 21.9 Å². The molecule has 150 valence electrons. The zero-order valence-corrected chi connectivity index (χ0v) is 17.1. The summed E-state index contributed by atoms with van der Waals surface area (Å²) in [5.74, 6) is -1.04. The Morgan fingerprint density at radius 2 is 1.68 bits per heavy atom. The largest absolute Gasteiger partial charge is 0.459 e. The highest BCUT2D eigenvalue weighted by molar-refractivity contribution is 7.89. The minimum Gasteiger partial charge on any atom is -0.459 e. The van der Waals surface area contributed by atoms with E-state index in [1.165, 1.54) is 45.3 Å². The summed E-state index contributed by atoms with van der Waals surface area (Å²) in [5, 5.41) is 2.55. The molecule has 0 saturated heterocycles. The molecule has 0 fully saturated rings. The topological polar surface area (TPSA) is 92.8 Å². The highest BCUT2D eigenvalue weighted by Gasteiger charge is 2.20. The van der Waals surface area contributed by atoms with E-state index in [2.05, 4.69) is 5.32 Å². The number of rotatable bonds is 7. The molecule has 0 aromatic heterocycles. The van der Waals surface area contributed by atoms with Crippen molar-refractivity contribution in [2.75, 3.05) is 14.1 Å². The number of carbonyl (C=O) groups is 2. The Kier molecular flexibility index (Phi) is 6.93. The quantitative estimate of drug-likeness (QED) is 0.714. The Labute approximate surface area is 165 Å². The zero-order chi connectivity index (χ0) is 20.9. The average Bonchev–Trinajstić information content (AvgIpc) is 2.66. The molecule has 2 aromatic rings. The molecule has 1 unspecified atom stereocenters. The van der Waals surface area contributed by atoms with Gasteiger partial charge in [0.05, 0.1) is 4.90 Å². The molecule has 0 aliphatic carbocycles. The van der Waals surface area contributed by atoms with Crippen molar-refractivity contribution in [2.24, 2.45) is 0 Å². The third kappa shape index (κ3) is 5.17. The average molecular weight is 404 g/mol. The van der Waals surface area contributed by atoms with Gasteiger partial charge in [0.2, 0.25) is 10.0 Å². The molecule has 1 N–H and O–H groups in total. The molecule has 0 spiro atoms. The van der Waals surface area contributed by atoms with E-state index in [9.17, 15) is 18.0 Å². The summed E-state index contributed by atoms with van der Waals surface area (Å²) in [7, 11) is -0.704. The lowest BCUT2D eigenvalue weighted by Crippen LogP contribution is -2.39. The standard InChI is InChI=1S/C20H24N2O5S/c1-14-7-5-6-8-17(14)13-27-20(24)15(2)21-19(23)16-9-11-18(12-10-16)28(25,26)22(3)4/h5-12,15H,13H2,1-4H3,(H,21,23). The summed E-state index contributed by atoms with van der Waals surface area (Å²) in [6.07, 6.45) is 0. The summed E-state index contributed by atoms with van der Waals surface area (Å²) in [6, 6.07) is 12.2. The molecule has 0 heterocycles. The Morgan fingerprint density at radius 1 is 1.07 bits per heavy atom. The zero-order valence-electron chi connectivity index (χ0n) is 16.3. The molecular formula is C20H24N2O5S. The molecule has 0 aliphatic rings. The second-order valence-electron chi connectivity index (χ2n) is 6.54. The van der Waals surface area contributed by atoms with Crippen molar-refractivity contribution < 1.29 is 22.7 Å². The molecule has 0 bridgehead atoms. The lowest BCUT2D eigenvalue weighted by Gasteiger charge is -2.15. The lowest BCUT2D eigenvalue weighted by atomic mass is 10.1. The molecule has 28 heavy (non-hydrogen) atoms. The van der Waals surface area contributed by atoms with Crippen LogP contribution in [0.1, 0.15) is 28.4 Å². The number of esters is 1. The fraction of sp³-hybridized carbons (Fsp3) is 0.300. The van der Waals surface area contributed by atoms with E-state index in [1.54, 1.807) is 0 Å². The number of hydrogen-bond donors (Lipinski definition) is 1. The van der Waals surface area contributed by atoms with Crippen LogP contribution in [0.15, 0.2) is 53.4 Å². The van der Waals surface area contributed by atoms with E-state index in [-0.39, 0.29) is 17.1 Å². The van der Waals surface area contributed by atoms with Crippen LogP contribution in [0.2, 0.25) is 0 Å². The monoisotopic (exact) mass is 404 g/mol. The van der Waals surface area contributed by atoms with E-state index >= 15 is 0 Å². The third-order valence-electron chi connectivity index (χ3n) is 4.23. The first-order valence-electron chi connectivity index (χ1n) is 8.67. The van der Waals surface area contributed by atoms with Crippen molar-refractivity contribution in [3.05, 3.63) is 65.2 Å². The third-order valence-corrected chi connectivity index (χ3v) is 6.06. The van der Waals surface area contributed by atoms with Crippen molar-refractivity contribution in [2.45, 2.75) is 31.4 Å². The SMILES string of the molecule is Cc1ccccc1COC(=O)C(C)NC(=O)c1ccc(S(=O)(=O)N(C)C)cc1. The van der Waals surface area contributed by atoms with Crippen LogP contribution in [-0.4, -0.2) is 44.7 Å². The van der Waals surface area contributed by atoms with Crippen LogP contribution >= 0.6 is 0 Å². The predicted octanol–water partition coefficient (Wildman–Crippen LogP) is 2.11. The fourth-order valence-electron chi connectivity index (χ4n) is 2.37. The van der Waals surface area contributed by atoms with Gasteiger partial charge >= 0.3 is 5.97 Å². The van der Waals surface area contributed by atoms with Crippen molar-refractivity contribution in [1.29, 1.82) is 0 Å². The van der Waals surface area contributed by atoms with Crippen molar-refractivity contribution in [3.63, 3.8) is 0 Å². The van der Waals surface area contributed by atoms with Crippen molar-refractivity contribution in [3.8, 4) is 0 Å². The van der Waals surface area contributed by atoms with Gasteiger partial charge in [-0.3, -0.25) is 4.79 Å². The van der Waals surface area contributed by atoms with E-state index in [0.29, 0.717) is 0 Å². The van der Waals surface area contributed by atoms with Crippen LogP contribution in [0, 0.1) is 6.92 Å². The van der Waals surface area contributed by atoms with Gasteiger partial charge in [-0.15, -0.1) is 0 Å². The normalized spacial score (nSPS) is 12.5. The van der Waals surface area contributed by atoms with Crippen LogP contribution < -0.4 is 5.32 Å². The maximum absolute atomic E-state index is 12.3. The molecular weight excluding hydrogens is 380 g/mol. The molecule has 2 aromatic carbocycles. The summed E-state index contributed by atoms with van der Waals surface area (Å²) in [4.78, 5) is 24.5. The van der Waals surface area contributed by atoms with Gasteiger partial charge in [0.1, 0.15) is 12.6 Å². The number of hydrogen-bond acceptors (Lipinski definition) is 5. The minimum absolute atomic E-state index is 0.0831. The molecule has 0 radical (unpaired) electrons. The number of benzene rings is 2. The fourth-order valence-corrected chi connectivity index (χ4v) is 3.28. The number of aryl methyl sites for hydroxylation is 1. The van der Waals surface area contributed by atoms with E-state index in [0.717, 1.165) is 15.4 Å². The summed E-state index contributed by atoms with van der Waals surface area (Å²) < 4.78 is 30.5. The first kappa shape index (κ1) is 21.6. The molecule has 1 atom stereocenters. The Bertz CT molecular complexity index is 953. The Hall–Kier alpha value is -2.71. The number of amides is 1. The van der Waals surface area contributed by atoms with Crippen LogP contribution in [0.25, 0.3) is 0 Å². The summed E-state index contributed by atoms with van der Waals surface area (Å²) >= 11 is 0. The van der Waals surface area contributed by atoms with Gasteiger partial charge in [-0.25, -0.2) is 17.5 Å². The van der Waals surface area contributed by atoms with E-state index in [4.69, 9.17) is 4.74 Å². The Balaban J connectivity index is 1.96. The van der Waals surface area contributed by atoms with Crippen LogP contribution in [0.5, 0.6) is 0 Å². The maximum Gasteiger partial charge on any atom is 0.328 e. The summed E-state index contributed by atoms with van der Waals surface area (Å²) in [6.45, 7) is 3.58. The van der Waals surface area contributed by atoms with Gasteiger partial charge in [-0.2, -0.15) is 0 Å². The predicted molar refractivity (Wildman–Crippen MR) is 105 cm³/mol. The van der Waals surface area contributed by atoms with Gasteiger partial charge in [-0.05, 0) is 49.2 Å². The van der Waals surface area contributed by atoms with Gasteiger partial charge in [0.25, 0.3) is 5.91 Å². The molecule has 8 heteroatoms. The molecule has 2 rings (SSSR count). The maximum atomic E-state index is 12.3. The number of nitrogens with zero attached hydrogens (tertiary/aromatic N) is 1. The molecule has 1 amide bonds. The molecule has 0 saturated carbocycles. The highest BCUT2D eigenvalue weighted by atomic mass is 32.2. The summed E-state index contributed by atoms with van der Waals surface area (Å²) in [5.41, 5.74) is 2.16. The first-order chi connectivity index (χ1) is 13.1. The van der Waals surface area contributed by atoms with E-state index < -0.39 is 27.9 Å². The van der Waals surface area contributed by atoms with Crippen LogP contribution in [0.4, 0.5) is 0 Å². The smallest absolute Gasteiger partial charge is 0.328 e. The van der Waals surface area contributed by atoms with Gasteiger partial charge in [0, 0.05) is 19.7 Å². The number of carbonyl (C=O) groups excluding carboxylic acids is 2. The van der Waals surface area contributed by atoms with Gasteiger partial charge in [-0.1, -0.05) is 24.3 Å². The second-order valence-corrected chi connectivity index (χ2v) is 8.69. The van der Waals surface area contributed by atoms with Crippen LogP contribution in [0.3, 0.4) is 0 Å². The lowest BCUT2D eigenvalue weighted by molar-refractivity contribution is -0.146. The minimum atomic E-state index is -3.57. The van der Waals surface area contributed by atoms with Crippen LogP contribution in [-0.2, 0) is 26.2 Å². The second kappa shape index (κ2) is 8.99. The van der Waals surface area contributed by atoms with Crippen molar-refractivity contribution in [1.82, 2.24) is 9.62 Å². The van der Waals surface area contributed by atoms with Gasteiger partial charge in [0.15, 0.2) is 0 Å². The highest BCUT2D eigenvalue weighted by Crippen LogP contribution is 2.14. The molecule has 0 aliphatic heterocycles. The molecule has 7 nitrogen and oxygen atoms in total. The first-order valence-corrected chi connectivity index (χ1v) is 10.1. The van der Waals surface area contributed by atoms with Gasteiger partial charge < -0.3 is 10.1 Å². The van der Waals surface area contributed by atoms with E-state index in [1.807, 2.05) is 31.2 Å². The number of nitrogens with one attached hydrogen (secondary N) is 1. The number of sulfonamides is 1. The Morgan fingerprint density at radius 3 is 2.25 bits per heavy atom. The number of ether oxygens (including phenoxy) is 1.